The number of benzene rings is 2. The highest BCUT2D eigenvalue weighted by atomic mass is 32.2. The molecular weight excluding hydrogens is 412 g/mol. The first-order valence-electron chi connectivity index (χ1n) is 11.2. The minimum atomic E-state index is -3.69. The number of fused-ring (bicyclic) bond motifs is 1. The smallest absolute Gasteiger partial charge is 0.246 e. The van der Waals surface area contributed by atoms with E-state index >= 15 is 0 Å². The lowest BCUT2D eigenvalue weighted by Crippen LogP contribution is -2.35. The van der Waals surface area contributed by atoms with Crippen LogP contribution in [0.4, 0.5) is 5.69 Å². The monoisotopic (exact) mass is 442 g/mol. The van der Waals surface area contributed by atoms with Crippen molar-refractivity contribution in [1.29, 1.82) is 0 Å². The minimum Gasteiger partial charge on any atom is -0.492 e. The lowest BCUT2D eigenvalue weighted by molar-refractivity contribution is -0.117. The lowest BCUT2D eigenvalue weighted by Gasteiger charge is -2.27. The van der Waals surface area contributed by atoms with Gasteiger partial charge in [-0.05, 0) is 68.4 Å². The Balaban J connectivity index is 1.61. The topological polar surface area (TPSA) is 75.7 Å². The molecule has 1 unspecified atom stereocenters. The first-order valence-corrected chi connectivity index (χ1v) is 12.6. The molecule has 2 aromatic rings. The minimum absolute atomic E-state index is 0.0994. The van der Waals surface area contributed by atoms with Crippen LogP contribution in [0.25, 0.3) is 0 Å². The Morgan fingerprint density at radius 3 is 2.65 bits per heavy atom. The Morgan fingerprint density at radius 2 is 1.87 bits per heavy atom. The van der Waals surface area contributed by atoms with Crippen LogP contribution in [0.1, 0.15) is 56.1 Å². The van der Waals surface area contributed by atoms with Crippen molar-refractivity contribution in [2.75, 3.05) is 25.0 Å². The van der Waals surface area contributed by atoms with Crippen LogP contribution in [0.3, 0.4) is 0 Å². The number of hydrogen-bond acceptors (Lipinski definition) is 4. The Labute approximate surface area is 184 Å². The number of nitrogens with one attached hydrogen (secondary N) is 1. The van der Waals surface area contributed by atoms with E-state index in [-0.39, 0.29) is 16.7 Å². The zero-order chi connectivity index (χ0) is 21.8. The summed E-state index contributed by atoms with van der Waals surface area (Å²) in [5.41, 5.74) is 2.76. The van der Waals surface area contributed by atoms with Gasteiger partial charge in [0.05, 0.1) is 12.5 Å². The largest absolute Gasteiger partial charge is 0.492 e. The molecule has 0 aromatic heterocycles. The lowest BCUT2D eigenvalue weighted by atomic mass is 9.82. The van der Waals surface area contributed by atoms with E-state index in [1.165, 1.54) is 9.87 Å². The number of sulfonamides is 1. The number of amides is 1. The molecule has 2 aromatic carbocycles. The molecule has 6 nitrogen and oxygen atoms in total. The van der Waals surface area contributed by atoms with Crippen molar-refractivity contribution in [3.05, 3.63) is 53.6 Å². The van der Waals surface area contributed by atoms with E-state index in [2.05, 4.69) is 11.4 Å². The van der Waals surface area contributed by atoms with Crippen LogP contribution in [-0.4, -0.2) is 38.3 Å². The number of ether oxygens (including phenoxy) is 1. The Hall–Kier alpha value is -2.38. The van der Waals surface area contributed by atoms with Crippen LogP contribution in [0.2, 0.25) is 0 Å². The molecule has 1 aliphatic heterocycles. The summed E-state index contributed by atoms with van der Waals surface area (Å²) in [4.78, 5) is 13.2. The maximum atomic E-state index is 13.3. The molecule has 166 valence electrons. The van der Waals surface area contributed by atoms with Crippen molar-refractivity contribution in [3.63, 3.8) is 0 Å². The molecule has 2 aliphatic rings. The Kier molecular flexibility index (Phi) is 6.62. The number of rotatable bonds is 6. The molecule has 1 N–H and O–H groups in total. The number of piperidine rings is 1. The predicted octanol–water partition coefficient (Wildman–Crippen LogP) is 4.32. The normalized spacial score (nSPS) is 19.5. The summed E-state index contributed by atoms with van der Waals surface area (Å²) < 4.78 is 33.8. The van der Waals surface area contributed by atoms with Crippen molar-refractivity contribution in [2.24, 2.45) is 0 Å². The van der Waals surface area contributed by atoms with E-state index in [0.29, 0.717) is 31.1 Å². The molecule has 7 heteroatoms. The van der Waals surface area contributed by atoms with Crippen molar-refractivity contribution < 1.29 is 17.9 Å². The molecule has 31 heavy (non-hydrogen) atoms. The molecule has 1 atom stereocenters. The summed E-state index contributed by atoms with van der Waals surface area (Å²) in [7, 11) is -3.69. The van der Waals surface area contributed by atoms with Gasteiger partial charge >= 0.3 is 0 Å². The van der Waals surface area contributed by atoms with Crippen LogP contribution in [0, 0.1) is 0 Å². The number of anilines is 1. The van der Waals surface area contributed by atoms with Gasteiger partial charge in [0.25, 0.3) is 0 Å². The summed E-state index contributed by atoms with van der Waals surface area (Å²) in [6.45, 7) is 3.23. The van der Waals surface area contributed by atoms with E-state index in [9.17, 15) is 13.2 Å². The second kappa shape index (κ2) is 9.40. The number of hydrogen-bond donors (Lipinski definition) is 1. The van der Waals surface area contributed by atoms with Crippen molar-refractivity contribution in [3.8, 4) is 5.75 Å². The van der Waals surface area contributed by atoms with Gasteiger partial charge in [0.1, 0.15) is 10.6 Å². The molecule has 1 amide bonds. The predicted molar refractivity (Wildman–Crippen MR) is 121 cm³/mol. The van der Waals surface area contributed by atoms with Crippen LogP contribution in [0.5, 0.6) is 5.75 Å². The average Bonchev–Trinajstić information content (AvgIpc) is 2.80. The van der Waals surface area contributed by atoms with Crippen molar-refractivity contribution in [2.45, 2.75) is 56.3 Å². The third-order valence-corrected chi connectivity index (χ3v) is 8.05. The fraction of sp³-hybridized carbons (Fsp3) is 0.458. The Morgan fingerprint density at radius 1 is 1.10 bits per heavy atom. The average molecular weight is 443 g/mol. The molecule has 1 saturated heterocycles. The third-order valence-electron chi connectivity index (χ3n) is 6.13. The molecule has 0 radical (unpaired) electrons. The highest BCUT2D eigenvalue weighted by molar-refractivity contribution is 7.89. The van der Waals surface area contributed by atoms with Gasteiger partial charge in [-0.2, -0.15) is 4.31 Å². The highest BCUT2D eigenvalue weighted by Crippen LogP contribution is 2.34. The molecule has 0 saturated carbocycles. The standard InChI is InChI=1S/C24H30N2O4S/c1-2-30-22-14-13-19(17-23(22)31(28,29)26-15-6-3-7-16-26)25-24(27)21-12-8-10-18-9-4-5-11-20(18)21/h4-5,9,11,13-14,17,21H,2-3,6-8,10,12,15-16H2,1H3,(H,25,27). The van der Waals surface area contributed by atoms with E-state index in [4.69, 9.17) is 4.74 Å². The van der Waals surface area contributed by atoms with Gasteiger partial charge in [0, 0.05) is 18.8 Å². The quantitative estimate of drug-likeness (QED) is 0.723. The van der Waals surface area contributed by atoms with Crippen molar-refractivity contribution in [1.82, 2.24) is 4.31 Å². The zero-order valence-electron chi connectivity index (χ0n) is 18.0. The van der Waals surface area contributed by atoms with Gasteiger partial charge < -0.3 is 10.1 Å². The molecule has 1 heterocycles. The number of carbonyl (C=O) groups is 1. The van der Waals surface area contributed by atoms with Gasteiger partial charge in [-0.15, -0.1) is 0 Å². The van der Waals surface area contributed by atoms with Gasteiger partial charge in [-0.25, -0.2) is 8.42 Å². The summed E-state index contributed by atoms with van der Waals surface area (Å²) in [6, 6.07) is 13.0. The summed E-state index contributed by atoms with van der Waals surface area (Å²) in [5.74, 6) is 0.00499. The summed E-state index contributed by atoms with van der Waals surface area (Å²) >= 11 is 0. The van der Waals surface area contributed by atoms with Gasteiger partial charge in [-0.3, -0.25) is 4.79 Å². The van der Waals surface area contributed by atoms with E-state index in [0.717, 1.165) is 44.1 Å². The van der Waals surface area contributed by atoms with Gasteiger partial charge in [0.15, 0.2) is 0 Å². The highest BCUT2D eigenvalue weighted by Gasteiger charge is 2.30. The first kappa shape index (κ1) is 21.8. The SMILES string of the molecule is CCOc1ccc(NC(=O)C2CCCc3ccccc32)cc1S(=O)(=O)N1CCCCC1. The second-order valence-electron chi connectivity index (χ2n) is 8.19. The van der Waals surface area contributed by atoms with Crippen LogP contribution < -0.4 is 10.1 Å². The number of carbonyl (C=O) groups excluding carboxylic acids is 1. The van der Waals surface area contributed by atoms with Gasteiger partial charge in [-0.1, -0.05) is 30.7 Å². The van der Waals surface area contributed by atoms with Crippen LogP contribution >= 0.6 is 0 Å². The molecule has 0 spiro atoms. The van der Waals surface area contributed by atoms with E-state index < -0.39 is 10.0 Å². The summed E-state index contributed by atoms with van der Waals surface area (Å²) in [6.07, 6.45) is 5.51. The molecule has 0 bridgehead atoms. The fourth-order valence-electron chi connectivity index (χ4n) is 4.56. The summed E-state index contributed by atoms with van der Waals surface area (Å²) in [5, 5.41) is 2.96. The molecule has 4 rings (SSSR count). The van der Waals surface area contributed by atoms with E-state index in [1.807, 2.05) is 25.1 Å². The second-order valence-corrected chi connectivity index (χ2v) is 10.1. The first-order chi connectivity index (χ1) is 15.0. The van der Waals surface area contributed by atoms with Crippen molar-refractivity contribution >= 4 is 21.6 Å². The maximum Gasteiger partial charge on any atom is 0.246 e. The molecule has 1 fully saturated rings. The Bertz CT molecular complexity index is 1050. The van der Waals surface area contributed by atoms with E-state index in [1.54, 1.807) is 18.2 Å². The fourth-order valence-corrected chi connectivity index (χ4v) is 6.24. The third kappa shape index (κ3) is 4.62. The van der Waals surface area contributed by atoms with Gasteiger partial charge in [0.2, 0.25) is 15.9 Å². The zero-order valence-corrected chi connectivity index (χ0v) is 18.8. The maximum absolute atomic E-state index is 13.3. The van der Waals surface area contributed by atoms with Crippen LogP contribution in [-0.2, 0) is 21.2 Å². The molecule has 1 aliphatic carbocycles. The van der Waals surface area contributed by atoms with Crippen LogP contribution in [0.15, 0.2) is 47.4 Å². The number of nitrogens with zero attached hydrogens (tertiary/aromatic N) is 1. The molecular formula is C24H30N2O4S. The number of aryl methyl sites for hydroxylation is 1.